The monoisotopic (exact) mass is 1970 g/mol. The van der Waals surface area contributed by atoms with Gasteiger partial charge in [0.1, 0.15) is 0 Å². The molecule has 0 aromatic heterocycles. The molecule has 12 aliphatic rings. The van der Waals surface area contributed by atoms with E-state index in [1.54, 1.807) is 18.7 Å². The molecule has 0 bridgehead atoms. The third-order valence-corrected chi connectivity index (χ3v) is 26.0. The van der Waals surface area contributed by atoms with Crippen LogP contribution >= 0.6 is 0 Å². The first-order valence-electron chi connectivity index (χ1n) is 72.6. The predicted octanol–water partition coefficient (Wildman–Crippen LogP) is 18.2. The van der Waals surface area contributed by atoms with Gasteiger partial charge in [0.05, 0.1) is 163 Å². The second-order valence-electron chi connectivity index (χ2n) is 37.7. The van der Waals surface area contributed by atoms with Gasteiger partial charge in [-0.15, -0.1) is 0 Å². The molecule has 18 rings (SSSR count). The quantitative estimate of drug-likeness (QED) is 0.0329. The maximum atomic E-state index is 11.1. The van der Waals surface area contributed by atoms with Gasteiger partial charge in [0.25, 0.3) is 0 Å². The first-order valence-corrected chi connectivity index (χ1v) is 47.1. The number of nitrogens with zero attached hydrogens (tertiary/aromatic N) is 6. The molecule has 768 valence electrons. The Morgan fingerprint density at radius 3 is 0.725 bits per heavy atom. The van der Waals surface area contributed by atoms with Crippen molar-refractivity contribution >= 4 is 0 Å². The summed E-state index contributed by atoms with van der Waals surface area (Å²) < 4.78 is 488. The summed E-state index contributed by atoms with van der Waals surface area (Å²) in [6.07, 6.45) is -24.9. The molecule has 24 nitrogen and oxygen atoms in total. The van der Waals surface area contributed by atoms with Crippen molar-refractivity contribution in [3.8, 4) is 69.0 Å². The summed E-state index contributed by atoms with van der Waals surface area (Å²) in [6, 6.07) is -15.1. The molecule has 12 aliphatic heterocycles. The molecule has 20 unspecified atom stereocenters. The molecule has 0 saturated carbocycles. The number of rotatable bonds is 24. The normalized spacial score (nSPS) is 41.8. The molecule has 0 amide bonds. The van der Waals surface area contributed by atoms with Crippen LogP contribution in [0.2, 0.25) is 0 Å². The summed E-state index contributed by atoms with van der Waals surface area (Å²) in [5.74, 6) is -15.3. The van der Waals surface area contributed by atoms with Crippen molar-refractivity contribution in [3.63, 3.8) is 0 Å². The van der Waals surface area contributed by atoms with Crippen LogP contribution in [0.15, 0.2) is 72.5 Å². The van der Waals surface area contributed by atoms with Crippen LogP contribution in [-0.4, -0.2) is 260 Å². The van der Waals surface area contributed by atoms with Crippen molar-refractivity contribution in [2.45, 2.75) is 271 Å². The molecule has 0 aliphatic carbocycles. The van der Waals surface area contributed by atoms with Crippen LogP contribution in [0.5, 0.6) is 69.0 Å². The lowest BCUT2D eigenvalue weighted by molar-refractivity contribution is -0.0192. The average molecular weight is 1970 g/mol. The Morgan fingerprint density at radius 2 is 0.507 bits per heavy atom. The fraction of sp³-hybridized carbons (Fsp3) is 0.684. The Bertz CT molecular complexity index is 7450. The number of fused-ring (bicyclic) bond motifs is 18. The van der Waals surface area contributed by atoms with Gasteiger partial charge >= 0.3 is 0 Å². The maximum absolute atomic E-state index is 11.1. The van der Waals surface area contributed by atoms with E-state index in [0.29, 0.717) is 43.0 Å². The van der Waals surface area contributed by atoms with Gasteiger partial charge in [-0.25, -0.2) is 0 Å². The number of ether oxygens (including phenoxy) is 12. The molecule has 0 radical (unpaired) electrons. The van der Waals surface area contributed by atoms with Gasteiger partial charge in [0, 0.05) is 143 Å². The van der Waals surface area contributed by atoms with E-state index in [0.717, 1.165) is 20.3 Å². The van der Waals surface area contributed by atoms with Gasteiger partial charge in [0.2, 0.25) is 0 Å². The minimum atomic E-state index is -3.10. The van der Waals surface area contributed by atoms with Crippen molar-refractivity contribution in [1.82, 2.24) is 29.4 Å². The van der Waals surface area contributed by atoms with E-state index >= 15 is 0 Å². The van der Waals surface area contributed by atoms with Gasteiger partial charge in [-0.1, -0.05) is 82.9 Å². The molecule has 6 fully saturated rings. The topological polar surface area (TPSA) is 252 Å². The molecule has 6 saturated heterocycles. The first kappa shape index (κ1) is 58.4. The Kier molecular flexibility index (Phi) is 20.8. The van der Waals surface area contributed by atoms with Gasteiger partial charge in [-0.2, -0.15) is 0 Å². The third kappa shape index (κ3) is 25.4. The van der Waals surface area contributed by atoms with E-state index in [1.807, 2.05) is 32.6 Å². The zero-order chi connectivity index (χ0) is 144. The van der Waals surface area contributed by atoms with Gasteiger partial charge < -0.3 is 87.5 Å². The highest BCUT2D eigenvalue weighted by atomic mass is 16.5. The highest BCUT2D eigenvalue weighted by molar-refractivity contribution is 5.55. The Labute approximate surface area is 898 Å². The Balaban J connectivity index is 0.000000183. The predicted molar refractivity (Wildman–Crippen MR) is 547 cm³/mol. The lowest BCUT2D eigenvalue weighted by Crippen LogP contribution is -2.48. The summed E-state index contributed by atoms with van der Waals surface area (Å²) in [4.78, 5) is 9.18. The lowest BCUT2D eigenvalue weighted by atomic mass is 9.79. The number of hydrogen-bond acceptors (Lipinski definition) is 24. The zero-order valence-corrected chi connectivity index (χ0v) is 82.7. The number of hydrogen-bond donors (Lipinski definition) is 6. The second kappa shape index (κ2) is 49.1. The van der Waals surface area contributed by atoms with E-state index in [-0.39, 0.29) is 320 Å². The average Bonchev–Trinajstić information content (AvgIpc) is 0.677. The number of benzene rings is 6. The minimum Gasteiger partial charge on any atom is -0.493 e. The van der Waals surface area contributed by atoms with E-state index in [2.05, 4.69) is 13.8 Å². The second-order valence-corrected chi connectivity index (χ2v) is 37.7. The van der Waals surface area contributed by atoms with Crippen LogP contribution in [0, 0.1) is 70.9 Å². The maximum Gasteiger partial charge on any atom is 0.161 e. The van der Waals surface area contributed by atoms with Gasteiger partial charge in [-0.3, -0.25) is 29.4 Å². The van der Waals surface area contributed by atoms with Crippen LogP contribution in [0.25, 0.3) is 0 Å². The largest absolute Gasteiger partial charge is 0.493 e. The van der Waals surface area contributed by atoms with Gasteiger partial charge in [0.15, 0.2) is 69.0 Å². The Morgan fingerprint density at radius 1 is 0.304 bits per heavy atom. The van der Waals surface area contributed by atoms with E-state index in [9.17, 15) is 38.9 Å². The standard InChI is InChI=1S/6C19H29NO3/c6*1-12(2)7-14-11-20-6-5-13-8-18(22-3)19(23-4)9-15(13)16(20)10-17(14)21/h6*8-9,12,14,16-17,21H,5-7,10-11H2,1-4H3/i4D3,8D,9D,10D2,14D,16D,17D;1D3,4D3,7D2,8D,9D,12D,16D;2*8D,9D,10D2,14D,16D,17D;1D3,7D2,8D,9D,12D,16D;4D3,8D,9D,16D. The number of aliphatic hydroxyl groups excluding tert-OH is 3. The molecule has 12 heterocycles. The Hall–Kier alpha value is -7.56. The molecule has 6 N–H and O–H groups in total. The van der Waals surface area contributed by atoms with Crippen molar-refractivity contribution in [2.24, 2.45) is 70.9 Å². The van der Waals surface area contributed by atoms with Crippen LogP contribution in [-0.2, 0) is 38.5 Å². The zero-order valence-electron chi connectivity index (χ0n) is 134. The SMILES string of the molecule is [2H]c1c2c(c([2H])c(OC([2H])([2H])[2H])c1OC)C1([2H])CC(O)C(C([2H])([2H])C([2H])(C)C([2H])([2H])[2H])CN1CC2.[2H]c1c2c(c([2H])c(OC([2H])([2H])[2H])c1OC)C1([2H])CC(O)C(CC(C)C)CN1CC2.[2H]c1c2c(c([2H])c(OC([2H])([2H])[2H])c1OC)C1([2H])N(CC2)CC([2H])(CC(C)C)C([2H])(O)C1([2H])[2H].[2H]c1c2c(c([2H])c(OC)c1OC)C1([2H])CC(O)C(C([2H])([2H])C([2H])(C)C([2H])([2H])[2H])CN1CC2.[2H]c1c2c(c([2H])c(OC)c1OC)C1([2H])N(CC2)CC([2H])(CC(C)C)C([2H])(O)C1([2H])[2H].[2H]c1c2c(c([2H])c(OC)c1OC)C1([2H])N(CC2)CC([2H])(CC(C)C)C([2H])(O)C1([2H])[2H]. The number of aliphatic hydroxyl groups is 6. The highest BCUT2D eigenvalue weighted by Crippen LogP contribution is 2.52. The molecule has 0 spiro atoms. The van der Waals surface area contributed by atoms with Crippen molar-refractivity contribution in [1.29, 1.82) is 0 Å². The molecule has 6 aromatic rings. The first-order chi connectivity index (χ1) is 85.9. The third-order valence-electron chi connectivity index (χ3n) is 26.0. The summed E-state index contributed by atoms with van der Waals surface area (Å²) in [5.41, 5.74) is 1.64. The van der Waals surface area contributed by atoms with Crippen LogP contribution in [0.3, 0.4) is 0 Å². The summed E-state index contributed by atoms with van der Waals surface area (Å²) in [7, 11) is 2.88. The minimum absolute atomic E-state index is 0.000599. The number of piperidine rings is 6. The highest BCUT2D eigenvalue weighted by Gasteiger charge is 2.47. The molecule has 20 atom stereocenters. The number of methoxy groups -OCH3 is 12. The van der Waals surface area contributed by atoms with Crippen LogP contribution in [0.4, 0.5) is 0 Å². The smallest absolute Gasteiger partial charge is 0.161 e. The summed E-state index contributed by atoms with van der Waals surface area (Å²) in [6.45, 7) is 11.8. The van der Waals surface area contributed by atoms with E-state index in [4.69, 9.17) is 119 Å². The fourth-order valence-corrected chi connectivity index (χ4v) is 19.7. The van der Waals surface area contributed by atoms with Crippen LogP contribution < -0.4 is 56.8 Å². The van der Waals surface area contributed by atoms with E-state index in [1.165, 1.54) is 83.6 Å². The van der Waals surface area contributed by atoms with Crippen molar-refractivity contribution in [2.75, 3.05) is 164 Å². The van der Waals surface area contributed by atoms with Crippen molar-refractivity contribution in [3.05, 3.63) is 139 Å². The van der Waals surface area contributed by atoms with Crippen molar-refractivity contribution < 1.29 is 157 Å². The van der Waals surface area contributed by atoms with E-state index < -0.39 is 211 Å². The fourth-order valence-electron chi connectivity index (χ4n) is 19.7. The molecule has 6 aromatic carbocycles. The van der Waals surface area contributed by atoms with Gasteiger partial charge in [-0.05, 0) is 326 Å². The molecule has 24 heteroatoms. The molecular weight excluding hydrogens is 1740 g/mol. The molecule has 138 heavy (non-hydrogen) atoms. The van der Waals surface area contributed by atoms with Crippen LogP contribution in [0.1, 0.15) is 333 Å². The molecular formula is C114H174N6O18. The summed E-state index contributed by atoms with van der Waals surface area (Å²) >= 11 is 0. The summed E-state index contributed by atoms with van der Waals surface area (Å²) in [5, 5.41) is 66.0. The lowest BCUT2D eigenvalue weighted by Gasteiger charge is -2.46.